The Morgan fingerprint density at radius 3 is 2.54 bits per heavy atom. The van der Waals surface area contributed by atoms with Crippen molar-refractivity contribution < 1.29 is 17.6 Å². The summed E-state index contributed by atoms with van der Waals surface area (Å²) in [6.07, 6.45) is 3.42. The first-order valence-electron chi connectivity index (χ1n) is 9.42. The molecule has 0 radical (unpaired) electrons. The van der Waals surface area contributed by atoms with Crippen LogP contribution in [0.5, 0.6) is 0 Å². The highest BCUT2D eigenvalue weighted by molar-refractivity contribution is 7.88. The van der Waals surface area contributed by atoms with Gasteiger partial charge in [-0.2, -0.15) is 0 Å². The molecule has 2 heterocycles. The number of aromatic nitrogens is 2. The topological polar surface area (TPSA) is 105 Å². The van der Waals surface area contributed by atoms with Crippen LogP contribution in [0.15, 0.2) is 28.7 Å². The number of hydrogen-bond acceptors (Lipinski definition) is 6. The summed E-state index contributed by atoms with van der Waals surface area (Å²) in [5, 5.41) is 11.0. The lowest BCUT2D eigenvalue weighted by molar-refractivity contribution is -0.121. The van der Waals surface area contributed by atoms with E-state index in [0.717, 1.165) is 24.0 Å². The number of carbonyl (C=O) groups is 1. The molecule has 0 aliphatic carbocycles. The van der Waals surface area contributed by atoms with Gasteiger partial charge in [0, 0.05) is 38.0 Å². The van der Waals surface area contributed by atoms with Crippen LogP contribution in [0.1, 0.15) is 30.7 Å². The lowest BCUT2D eigenvalue weighted by atomic mass is 9.98. The zero-order valence-electron chi connectivity index (χ0n) is 16.2. The molecule has 2 aromatic rings. The second kappa shape index (κ2) is 8.83. The molecule has 0 bridgehead atoms. The highest BCUT2D eigenvalue weighted by atomic mass is 32.2. The summed E-state index contributed by atoms with van der Waals surface area (Å²) in [6.45, 7) is 3.61. The van der Waals surface area contributed by atoms with Crippen LogP contribution in [0.2, 0.25) is 0 Å². The molecule has 1 amide bonds. The molecule has 1 fully saturated rings. The van der Waals surface area contributed by atoms with Crippen molar-refractivity contribution in [3.8, 4) is 11.5 Å². The van der Waals surface area contributed by atoms with E-state index in [1.165, 1.54) is 10.6 Å². The van der Waals surface area contributed by atoms with Crippen molar-refractivity contribution >= 4 is 15.9 Å². The first-order valence-corrected chi connectivity index (χ1v) is 11.3. The molecule has 9 heteroatoms. The van der Waals surface area contributed by atoms with Gasteiger partial charge < -0.3 is 9.73 Å². The van der Waals surface area contributed by atoms with E-state index in [2.05, 4.69) is 15.5 Å². The van der Waals surface area contributed by atoms with Crippen molar-refractivity contribution in [1.82, 2.24) is 19.8 Å². The van der Waals surface area contributed by atoms with Crippen LogP contribution in [-0.2, 0) is 21.2 Å². The summed E-state index contributed by atoms with van der Waals surface area (Å²) in [5.41, 5.74) is 2.01. The summed E-state index contributed by atoms with van der Waals surface area (Å²) in [4.78, 5) is 12.1. The standard InChI is InChI=1S/C19H26N4O4S/c1-14-3-5-16(6-4-14)19-22-21-18(27-19)8-7-17(24)20-13-15-9-11-23(12-10-15)28(2,25)26/h3-6,15H,7-13H2,1-2H3,(H,20,24). The molecule has 0 atom stereocenters. The second-order valence-electron chi connectivity index (χ2n) is 7.28. The van der Waals surface area contributed by atoms with Crippen molar-refractivity contribution in [3.05, 3.63) is 35.7 Å². The largest absolute Gasteiger partial charge is 0.421 e. The van der Waals surface area contributed by atoms with Crippen molar-refractivity contribution in [2.24, 2.45) is 5.92 Å². The van der Waals surface area contributed by atoms with E-state index in [0.29, 0.717) is 43.8 Å². The molecule has 0 saturated carbocycles. The van der Waals surface area contributed by atoms with Crippen LogP contribution in [0, 0.1) is 12.8 Å². The van der Waals surface area contributed by atoms with Crippen LogP contribution < -0.4 is 5.32 Å². The average Bonchev–Trinajstić information content (AvgIpc) is 3.14. The van der Waals surface area contributed by atoms with Gasteiger partial charge >= 0.3 is 0 Å². The number of rotatable bonds is 7. The summed E-state index contributed by atoms with van der Waals surface area (Å²) in [6, 6.07) is 7.81. The van der Waals surface area contributed by atoms with Crippen molar-refractivity contribution in [1.29, 1.82) is 0 Å². The Morgan fingerprint density at radius 2 is 1.89 bits per heavy atom. The molecule has 152 valence electrons. The van der Waals surface area contributed by atoms with Crippen LogP contribution in [0.3, 0.4) is 0 Å². The summed E-state index contributed by atoms with van der Waals surface area (Å²) < 4.78 is 30.2. The maximum absolute atomic E-state index is 12.1. The normalized spacial score (nSPS) is 16.2. The van der Waals surface area contributed by atoms with E-state index in [4.69, 9.17) is 4.42 Å². The van der Waals surface area contributed by atoms with Crippen molar-refractivity contribution in [3.63, 3.8) is 0 Å². The maximum Gasteiger partial charge on any atom is 0.247 e. The maximum atomic E-state index is 12.1. The number of nitrogens with one attached hydrogen (secondary N) is 1. The molecule has 0 unspecified atom stereocenters. The second-order valence-corrected chi connectivity index (χ2v) is 9.26. The lowest BCUT2D eigenvalue weighted by Crippen LogP contribution is -2.41. The van der Waals surface area contributed by atoms with Crippen molar-refractivity contribution in [2.45, 2.75) is 32.6 Å². The first kappa shape index (κ1) is 20.5. The van der Waals surface area contributed by atoms with E-state index in [9.17, 15) is 13.2 Å². The van der Waals surface area contributed by atoms with E-state index in [-0.39, 0.29) is 12.3 Å². The third-order valence-electron chi connectivity index (χ3n) is 4.96. The van der Waals surface area contributed by atoms with Crippen molar-refractivity contribution in [2.75, 3.05) is 25.9 Å². The Bertz CT molecular complexity index is 900. The van der Waals surface area contributed by atoms with Gasteiger partial charge in [-0.05, 0) is 37.8 Å². The smallest absolute Gasteiger partial charge is 0.247 e. The number of nitrogens with zero attached hydrogens (tertiary/aromatic N) is 3. The summed E-state index contributed by atoms with van der Waals surface area (Å²) in [7, 11) is -3.12. The molecule has 28 heavy (non-hydrogen) atoms. The van der Waals surface area contributed by atoms with Gasteiger partial charge in [0.25, 0.3) is 0 Å². The number of benzene rings is 1. The SMILES string of the molecule is Cc1ccc(-c2nnc(CCC(=O)NCC3CCN(S(C)(=O)=O)CC3)o2)cc1. The quantitative estimate of drug-likeness (QED) is 0.751. The van der Waals surface area contributed by atoms with Gasteiger partial charge in [-0.3, -0.25) is 4.79 Å². The molecular weight excluding hydrogens is 380 g/mol. The van der Waals surface area contributed by atoms with Gasteiger partial charge in [-0.1, -0.05) is 17.7 Å². The summed E-state index contributed by atoms with van der Waals surface area (Å²) >= 11 is 0. The highest BCUT2D eigenvalue weighted by Crippen LogP contribution is 2.19. The van der Waals surface area contributed by atoms with E-state index in [1.807, 2.05) is 31.2 Å². The van der Waals surface area contributed by atoms with Crippen LogP contribution in [0.4, 0.5) is 0 Å². The third kappa shape index (κ3) is 5.62. The van der Waals surface area contributed by atoms with Gasteiger partial charge in [0.2, 0.25) is 27.7 Å². The minimum Gasteiger partial charge on any atom is -0.421 e. The molecular formula is C19H26N4O4S. The molecule has 8 nitrogen and oxygen atoms in total. The summed E-state index contributed by atoms with van der Waals surface area (Å²) in [5.74, 6) is 1.12. The molecule has 1 aliphatic rings. The fourth-order valence-corrected chi connectivity index (χ4v) is 4.05. The molecule has 1 saturated heterocycles. The lowest BCUT2D eigenvalue weighted by Gasteiger charge is -2.30. The van der Waals surface area contributed by atoms with E-state index < -0.39 is 10.0 Å². The van der Waals surface area contributed by atoms with Crippen LogP contribution in [-0.4, -0.2) is 54.7 Å². The molecule has 1 aromatic heterocycles. The monoisotopic (exact) mass is 406 g/mol. The van der Waals surface area contributed by atoms with Gasteiger partial charge in [0.1, 0.15) is 0 Å². The first-order chi connectivity index (χ1) is 13.3. The molecule has 1 aliphatic heterocycles. The number of hydrogen-bond donors (Lipinski definition) is 1. The third-order valence-corrected chi connectivity index (χ3v) is 6.26. The van der Waals surface area contributed by atoms with Crippen LogP contribution >= 0.6 is 0 Å². The number of piperidine rings is 1. The number of amides is 1. The zero-order valence-corrected chi connectivity index (χ0v) is 17.0. The van der Waals surface area contributed by atoms with E-state index in [1.54, 1.807) is 0 Å². The van der Waals surface area contributed by atoms with Crippen LogP contribution in [0.25, 0.3) is 11.5 Å². The fourth-order valence-electron chi connectivity index (χ4n) is 3.18. The zero-order chi connectivity index (χ0) is 20.1. The number of aryl methyl sites for hydroxylation is 2. The Kier molecular flexibility index (Phi) is 6.46. The molecule has 1 N–H and O–H groups in total. The van der Waals surface area contributed by atoms with Gasteiger partial charge in [-0.25, -0.2) is 12.7 Å². The highest BCUT2D eigenvalue weighted by Gasteiger charge is 2.25. The Balaban J connectivity index is 1.40. The predicted molar refractivity (Wildman–Crippen MR) is 105 cm³/mol. The Labute approximate surface area is 165 Å². The molecule has 3 rings (SSSR count). The van der Waals surface area contributed by atoms with E-state index >= 15 is 0 Å². The predicted octanol–water partition coefficient (Wildman–Crippen LogP) is 1.77. The molecule has 0 spiro atoms. The number of sulfonamides is 1. The van der Waals surface area contributed by atoms with Gasteiger partial charge in [0.05, 0.1) is 6.26 Å². The minimum atomic E-state index is -3.12. The number of carbonyl (C=O) groups excluding carboxylic acids is 1. The molecule has 1 aromatic carbocycles. The minimum absolute atomic E-state index is 0.0689. The Hall–Kier alpha value is -2.26. The fraction of sp³-hybridized carbons (Fsp3) is 0.526. The average molecular weight is 407 g/mol. The van der Waals surface area contributed by atoms with Gasteiger partial charge in [0.15, 0.2) is 0 Å². The van der Waals surface area contributed by atoms with Gasteiger partial charge in [-0.15, -0.1) is 10.2 Å². The Morgan fingerprint density at radius 1 is 1.21 bits per heavy atom.